The molecule has 2 atom stereocenters. The Labute approximate surface area is 193 Å². The minimum absolute atomic E-state index is 0.0319. The maximum atomic E-state index is 13.0. The Bertz CT molecular complexity index is 921. The van der Waals surface area contributed by atoms with Crippen molar-refractivity contribution in [2.75, 3.05) is 5.32 Å². The molecule has 0 spiro atoms. The summed E-state index contributed by atoms with van der Waals surface area (Å²) in [6.07, 6.45) is 7.57. The third-order valence-corrected chi connectivity index (χ3v) is 7.58. The zero-order valence-electron chi connectivity index (χ0n) is 17.8. The molecule has 166 valence electrons. The molecule has 5 nitrogen and oxygen atoms in total. The van der Waals surface area contributed by atoms with E-state index in [4.69, 9.17) is 11.6 Å². The van der Waals surface area contributed by atoms with Crippen LogP contribution in [0.1, 0.15) is 72.5 Å². The molecule has 2 unspecified atom stereocenters. The topological polar surface area (TPSA) is 70.2 Å². The summed E-state index contributed by atoms with van der Waals surface area (Å²) in [4.78, 5) is 27.4. The molecule has 1 aromatic heterocycles. The van der Waals surface area contributed by atoms with Crippen LogP contribution < -0.4 is 16.0 Å². The second-order valence-corrected chi connectivity index (χ2v) is 10.3. The highest BCUT2D eigenvalue weighted by Crippen LogP contribution is 2.30. The van der Waals surface area contributed by atoms with Crippen LogP contribution >= 0.6 is 22.9 Å². The molecule has 1 heterocycles. The van der Waals surface area contributed by atoms with Crippen LogP contribution in [0.4, 0.5) is 5.69 Å². The number of amides is 2. The average molecular weight is 460 g/mol. The summed E-state index contributed by atoms with van der Waals surface area (Å²) in [6, 6.07) is 11.3. The van der Waals surface area contributed by atoms with E-state index < -0.39 is 6.04 Å². The summed E-state index contributed by atoms with van der Waals surface area (Å²) in [5, 5.41) is 10.2. The molecule has 2 amide bonds. The first-order valence-electron chi connectivity index (χ1n) is 11.2. The largest absolute Gasteiger partial charge is 0.378 e. The summed E-state index contributed by atoms with van der Waals surface area (Å²) >= 11 is 7.52. The number of nitrogens with one attached hydrogen (secondary N) is 3. The molecule has 4 rings (SSSR count). The molecule has 3 N–H and O–H groups in total. The van der Waals surface area contributed by atoms with Crippen LogP contribution in [0.25, 0.3) is 0 Å². The van der Waals surface area contributed by atoms with E-state index in [2.05, 4.69) is 22.9 Å². The lowest BCUT2D eigenvalue weighted by Gasteiger charge is -2.21. The van der Waals surface area contributed by atoms with Crippen LogP contribution in [0.3, 0.4) is 0 Å². The van der Waals surface area contributed by atoms with Gasteiger partial charge in [-0.25, -0.2) is 0 Å². The van der Waals surface area contributed by atoms with Crippen molar-refractivity contribution < 1.29 is 9.59 Å². The molecule has 31 heavy (non-hydrogen) atoms. The average Bonchev–Trinajstić information content (AvgIpc) is 3.19. The van der Waals surface area contributed by atoms with E-state index in [9.17, 15) is 9.59 Å². The second kappa shape index (κ2) is 10.0. The highest BCUT2D eigenvalue weighted by atomic mass is 35.5. The number of hydrogen-bond acceptors (Lipinski definition) is 4. The molecule has 7 heteroatoms. The number of anilines is 1. The van der Waals surface area contributed by atoms with Crippen LogP contribution in [-0.2, 0) is 4.79 Å². The Morgan fingerprint density at radius 2 is 1.90 bits per heavy atom. The number of carbonyl (C=O) groups is 2. The van der Waals surface area contributed by atoms with Crippen molar-refractivity contribution in [3.05, 3.63) is 51.2 Å². The molecule has 0 radical (unpaired) electrons. The zero-order chi connectivity index (χ0) is 21.8. The highest BCUT2D eigenvalue weighted by Gasteiger charge is 2.31. The number of thiophene rings is 1. The third-order valence-electron chi connectivity index (χ3n) is 6.07. The first-order chi connectivity index (χ1) is 15.0. The second-order valence-electron chi connectivity index (χ2n) is 8.77. The van der Waals surface area contributed by atoms with Gasteiger partial charge in [-0.1, -0.05) is 43.4 Å². The lowest BCUT2D eigenvalue weighted by Crippen LogP contribution is -2.48. The van der Waals surface area contributed by atoms with Gasteiger partial charge in [0, 0.05) is 21.6 Å². The summed E-state index contributed by atoms with van der Waals surface area (Å²) in [5.74, 6) is 0.326. The van der Waals surface area contributed by atoms with Gasteiger partial charge < -0.3 is 16.0 Å². The maximum absolute atomic E-state index is 13.0. The van der Waals surface area contributed by atoms with Crippen molar-refractivity contribution in [3.8, 4) is 0 Å². The molecule has 2 aliphatic rings. The van der Waals surface area contributed by atoms with E-state index in [1.165, 1.54) is 24.2 Å². The normalized spacial score (nSPS) is 18.4. The van der Waals surface area contributed by atoms with E-state index >= 15 is 0 Å². The number of hydrogen-bond donors (Lipinski definition) is 3. The summed E-state index contributed by atoms with van der Waals surface area (Å²) in [7, 11) is 0. The maximum Gasteiger partial charge on any atom is 0.262 e. The molecule has 0 bridgehead atoms. The third kappa shape index (κ3) is 6.23. The lowest BCUT2D eigenvalue weighted by atomic mass is 9.97. The van der Waals surface area contributed by atoms with Gasteiger partial charge in [0.1, 0.15) is 6.04 Å². The molecule has 0 saturated heterocycles. The fourth-order valence-corrected chi connectivity index (χ4v) is 5.28. The molecule has 2 saturated carbocycles. The molecule has 2 aliphatic carbocycles. The van der Waals surface area contributed by atoms with Gasteiger partial charge >= 0.3 is 0 Å². The summed E-state index contributed by atoms with van der Waals surface area (Å²) < 4.78 is 0. The molecular formula is C24H30ClN3O2S. The quantitative estimate of drug-likeness (QED) is 0.461. The fourth-order valence-electron chi connectivity index (χ4n) is 4.18. The van der Waals surface area contributed by atoms with Crippen molar-refractivity contribution >= 4 is 40.4 Å². The minimum Gasteiger partial charge on any atom is -0.378 e. The first-order valence-corrected chi connectivity index (χ1v) is 12.4. The summed E-state index contributed by atoms with van der Waals surface area (Å²) in [6.45, 7) is 2.06. The van der Waals surface area contributed by atoms with Crippen molar-refractivity contribution in [2.45, 2.75) is 70.0 Å². The fraction of sp³-hybridized carbons (Fsp3) is 0.500. The molecule has 1 aromatic carbocycles. The van der Waals surface area contributed by atoms with E-state index in [0.29, 0.717) is 21.9 Å². The van der Waals surface area contributed by atoms with Gasteiger partial charge in [0.05, 0.1) is 10.9 Å². The monoisotopic (exact) mass is 459 g/mol. The zero-order valence-corrected chi connectivity index (χ0v) is 19.4. The smallest absolute Gasteiger partial charge is 0.262 e. The van der Waals surface area contributed by atoms with Crippen molar-refractivity contribution in [1.82, 2.24) is 10.6 Å². The van der Waals surface area contributed by atoms with Gasteiger partial charge in [-0.15, -0.1) is 11.3 Å². The van der Waals surface area contributed by atoms with Crippen LogP contribution in [0.2, 0.25) is 5.02 Å². The molecule has 2 aromatic rings. The van der Waals surface area contributed by atoms with E-state index in [1.54, 1.807) is 0 Å². The Kier molecular flexibility index (Phi) is 7.18. The Morgan fingerprint density at radius 3 is 2.61 bits per heavy atom. The Hall–Kier alpha value is -2.05. The minimum atomic E-state index is -0.455. The van der Waals surface area contributed by atoms with Crippen LogP contribution in [0.15, 0.2) is 36.4 Å². The number of rotatable bonds is 9. The van der Waals surface area contributed by atoms with Crippen molar-refractivity contribution in [1.29, 1.82) is 0 Å². The van der Waals surface area contributed by atoms with Gasteiger partial charge in [0.15, 0.2) is 0 Å². The van der Waals surface area contributed by atoms with Gasteiger partial charge in [-0.3, -0.25) is 9.59 Å². The summed E-state index contributed by atoms with van der Waals surface area (Å²) in [5.41, 5.74) is 0.938. The van der Waals surface area contributed by atoms with Crippen LogP contribution in [0, 0.1) is 5.92 Å². The molecule has 2 fully saturated rings. The van der Waals surface area contributed by atoms with Gasteiger partial charge in [0.25, 0.3) is 5.91 Å². The van der Waals surface area contributed by atoms with E-state index in [1.807, 2.05) is 36.4 Å². The Morgan fingerprint density at radius 1 is 1.13 bits per heavy atom. The Balaban J connectivity index is 1.38. The SMILES string of the molecule is CC(Nc1cccc(Cl)c1)c1ccc(C(=O)NC(CC2CCCC2)C(=O)NC2CC2)s1. The van der Waals surface area contributed by atoms with Gasteiger partial charge in [0.2, 0.25) is 5.91 Å². The van der Waals surface area contributed by atoms with Gasteiger partial charge in [-0.2, -0.15) is 0 Å². The van der Waals surface area contributed by atoms with Crippen molar-refractivity contribution in [3.63, 3.8) is 0 Å². The van der Waals surface area contributed by atoms with Crippen LogP contribution in [-0.4, -0.2) is 23.9 Å². The molecule has 0 aliphatic heterocycles. The molecular weight excluding hydrogens is 430 g/mol. The van der Waals surface area contributed by atoms with E-state index in [-0.39, 0.29) is 17.9 Å². The van der Waals surface area contributed by atoms with Gasteiger partial charge in [-0.05, 0) is 62.4 Å². The van der Waals surface area contributed by atoms with Crippen LogP contribution in [0.5, 0.6) is 0 Å². The lowest BCUT2D eigenvalue weighted by molar-refractivity contribution is -0.123. The predicted octanol–water partition coefficient (Wildman–Crippen LogP) is 5.53. The number of carbonyl (C=O) groups excluding carboxylic acids is 2. The van der Waals surface area contributed by atoms with Crippen molar-refractivity contribution in [2.24, 2.45) is 5.92 Å². The standard InChI is InChI=1S/C24H30ClN3O2S/c1-15(26-19-8-4-7-17(25)14-19)21-11-12-22(31-21)24(30)28-20(13-16-5-2-3-6-16)23(29)27-18-9-10-18/h4,7-8,11-12,14-16,18,20,26H,2-3,5-6,9-10,13H2,1H3,(H,27,29)(H,28,30). The first kappa shape index (κ1) is 22.2. The highest BCUT2D eigenvalue weighted by molar-refractivity contribution is 7.14. The number of halogens is 1. The van der Waals surface area contributed by atoms with E-state index in [0.717, 1.165) is 42.7 Å². The predicted molar refractivity (Wildman–Crippen MR) is 127 cm³/mol. The number of benzene rings is 1.